The van der Waals surface area contributed by atoms with Gasteiger partial charge in [0, 0.05) is 23.8 Å². The Morgan fingerprint density at radius 2 is 1.11 bits per heavy atom. The third-order valence-corrected chi connectivity index (χ3v) is 5.79. The van der Waals surface area contributed by atoms with Crippen LogP contribution in [0.1, 0.15) is 11.1 Å². The Hall–Kier alpha value is -4.05. The fourth-order valence-electron chi connectivity index (χ4n) is 4.16. The molecule has 0 fully saturated rings. The molecule has 0 bridgehead atoms. The van der Waals surface area contributed by atoms with Crippen LogP contribution < -0.4 is 0 Å². The largest absolute Gasteiger partial charge is 2.00 e. The molecule has 0 N–H and O–H groups in total. The van der Waals surface area contributed by atoms with Gasteiger partial charge in [-0.25, -0.2) is 0 Å². The summed E-state index contributed by atoms with van der Waals surface area (Å²) in [6.07, 6.45) is 10.4. The van der Waals surface area contributed by atoms with Crippen LogP contribution in [0.5, 0.6) is 0 Å². The Kier molecular flexibility index (Phi) is 8.06. The average Bonchev–Trinajstić information content (AvgIpc) is 2.93. The second kappa shape index (κ2) is 11.6. The Balaban J connectivity index is 0.000000291. The van der Waals surface area contributed by atoms with E-state index in [9.17, 15) is 0 Å². The topological polar surface area (TPSA) is 25.8 Å². The molecule has 3 heteroatoms. The molecule has 2 nitrogen and oxygen atoms in total. The summed E-state index contributed by atoms with van der Waals surface area (Å²) in [5.74, 6) is 2.28. The van der Waals surface area contributed by atoms with Crippen molar-refractivity contribution in [1.29, 1.82) is 0 Å². The van der Waals surface area contributed by atoms with Crippen LogP contribution in [0.25, 0.3) is 44.1 Å². The van der Waals surface area contributed by atoms with E-state index >= 15 is 0 Å². The van der Waals surface area contributed by atoms with E-state index in [0.717, 1.165) is 38.9 Å². The summed E-state index contributed by atoms with van der Waals surface area (Å²) in [6.45, 7) is 2.11. The van der Waals surface area contributed by atoms with Crippen LogP contribution in [0.15, 0.2) is 116 Å². The average molecular weight is 642 g/mol. The van der Waals surface area contributed by atoms with Gasteiger partial charge in [0.25, 0.3) is 0 Å². The smallest absolute Gasteiger partial charge is 0.366 e. The van der Waals surface area contributed by atoms with Crippen LogP contribution in [-0.2, 0) is 21.1 Å². The van der Waals surface area contributed by atoms with Gasteiger partial charge in [0.1, 0.15) is 0 Å². The van der Waals surface area contributed by atoms with Crippen molar-refractivity contribution in [3.63, 3.8) is 0 Å². The molecule has 0 saturated heterocycles. The molecular formula is C33H22N2Pt. The van der Waals surface area contributed by atoms with Gasteiger partial charge in [-0.05, 0) is 33.7 Å². The molecule has 0 saturated carbocycles. The number of nitrogens with zero attached hydrogens (tertiary/aromatic N) is 2. The number of pyridine rings is 2. The summed E-state index contributed by atoms with van der Waals surface area (Å²) in [5.41, 5.74) is 5.90. The minimum absolute atomic E-state index is 0. The van der Waals surface area contributed by atoms with Gasteiger partial charge in [-0.3, -0.25) is 15.9 Å². The van der Waals surface area contributed by atoms with Gasteiger partial charge in [-0.1, -0.05) is 84.8 Å². The first-order chi connectivity index (χ1) is 17.2. The number of hydrogen-bond acceptors (Lipinski definition) is 2. The number of aromatic nitrogens is 2. The maximum Gasteiger partial charge on any atom is 2.00 e. The van der Waals surface area contributed by atoms with Crippen LogP contribution in [0.2, 0.25) is 0 Å². The molecule has 36 heavy (non-hydrogen) atoms. The van der Waals surface area contributed by atoms with Crippen molar-refractivity contribution in [2.75, 3.05) is 0 Å². The summed E-state index contributed by atoms with van der Waals surface area (Å²) in [6, 6.07) is 38.0. The van der Waals surface area contributed by atoms with Crippen LogP contribution in [0.3, 0.4) is 0 Å². The standard InChI is InChI=1S/C25H17N2.C8H5.Pt/c1-17-14-20(24-22-8-4-2-6-18(22)10-12-26-24)16-21(15-17)25-23-9-5-3-7-19(23)11-13-27-25;1-2-8-6-4-3-5-7-8;/h2-15H,1H3;3-7H;/q2*-1;+2. The van der Waals surface area contributed by atoms with E-state index in [1.165, 1.54) is 16.3 Å². The first-order valence-electron chi connectivity index (χ1n) is 11.4. The van der Waals surface area contributed by atoms with Gasteiger partial charge in [0.05, 0.1) is 0 Å². The molecule has 0 atom stereocenters. The molecule has 0 amide bonds. The number of rotatable bonds is 2. The molecule has 0 spiro atoms. The summed E-state index contributed by atoms with van der Waals surface area (Å²) in [7, 11) is 0. The minimum atomic E-state index is 0. The monoisotopic (exact) mass is 641 g/mol. The Labute approximate surface area is 226 Å². The second-order valence-corrected chi connectivity index (χ2v) is 8.24. The molecule has 0 aliphatic carbocycles. The van der Waals surface area contributed by atoms with E-state index in [-0.39, 0.29) is 21.1 Å². The third-order valence-electron chi connectivity index (χ3n) is 5.79. The van der Waals surface area contributed by atoms with Crippen molar-refractivity contribution in [3.8, 4) is 28.4 Å². The molecule has 2 aromatic heterocycles. The van der Waals surface area contributed by atoms with Crippen LogP contribution in [0, 0.1) is 25.3 Å². The fraction of sp³-hybridized carbons (Fsp3) is 0.0303. The summed E-state index contributed by atoms with van der Waals surface area (Å²) < 4.78 is 0. The molecular weight excluding hydrogens is 619 g/mol. The number of benzene rings is 4. The van der Waals surface area contributed by atoms with Gasteiger partial charge in [-0.2, -0.15) is 0 Å². The van der Waals surface area contributed by atoms with Gasteiger partial charge < -0.3 is 6.42 Å². The maximum absolute atomic E-state index is 6.69. The summed E-state index contributed by atoms with van der Waals surface area (Å²) >= 11 is 0. The second-order valence-electron chi connectivity index (χ2n) is 8.24. The molecule has 6 rings (SSSR count). The van der Waals surface area contributed by atoms with E-state index in [2.05, 4.69) is 89.5 Å². The zero-order valence-electron chi connectivity index (χ0n) is 19.7. The van der Waals surface area contributed by atoms with Crippen molar-refractivity contribution in [2.24, 2.45) is 0 Å². The molecule has 2 heterocycles. The van der Waals surface area contributed by atoms with E-state index in [4.69, 9.17) is 6.42 Å². The van der Waals surface area contributed by atoms with Crippen LogP contribution >= 0.6 is 0 Å². The van der Waals surface area contributed by atoms with Gasteiger partial charge in [0.15, 0.2) is 0 Å². The zero-order chi connectivity index (χ0) is 24.0. The first-order valence-corrected chi connectivity index (χ1v) is 11.4. The third kappa shape index (κ3) is 5.44. The molecule has 6 aromatic rings. The van der Waals surface area contributed by atoms with Gasteiger partial charge in [-0.15, -0.1) is 41.5 Å². The predicted octanol–water partition coefficient (Wildman–Crippen LogP) is 7.85. The summed E-state index contributed by atoms with van der Waals surface area (Å²) in [4.78, 5) is 9.33. The predicted molar refractivity (Wildman–Crippen MR) is 144 cm³/mol. The SMILES string of the molecule is Cc1cc(-c2nccc3ccccc23)[c-]c(-c2nccc3ccccc23)c1.[C-]#Cc1ccccc1.[Pt+2]. The minimum Gasteiger partial charge on any atom is -0.366 e. The van der Waals surface area contributed by atoms with Crippen LogP contribution in [0.4, 0.5) is 0 Å². The van der Waals surface area contributed by atoms with E-state index in [1.54, 1.807) is 0 Å². The molecule has 174 valence electrons. The van der Waals surface area contributed by atoms with E-state index in [0.29, 0.717) is 0 Å². The molecule has 0 aliphatic rings. The molecule has 0 aliphatic heterocycles. The van der Waals surface area contributed by atoms with Crippen molar-refractivity contribution < 1.29 is 21.1 Å². The van der Waals surface area contributed by atoms with Crippen molar-refractivity contribution in [3.05, 3.63) is 139 Å². The zero-order valence-corrected chi connectivity index (χ0v) is 22.0. The molecule has 0 radical (unpaired) electrons. The fourth-order valence-corrected chi connectivity index (χ4v) is 4.16. The normalized spacial score (nSPS) is 10.1. The summed E-state index contributed by atoms with van der Waals surface area (Å²) in [5, 5.41) is 4.64. The van der Waals surface area contributed by atoms with Gasteiger partial charge in [0.2, 0.25) is 0 Å². The van der Waals surface area contributed by atoms with Crippen molar-refractivity contribution >= 4 is 21.5 Å². The van der Waals surface area contributed by atoms with E-state index in [1.807, 2.05) is 54.9 Å². The van der Waals surface area contributed by atoms with Crippen molar-refractivity contribution in [1.82, 2.24) is 9.97 Å². The maximum atomic E-state index is 6.69. The van der Waals surface area contributed by atoms with Gasteiger partial charge >= 0.3 is 21.1 Å². The molecule has 0 unspecified atom stereocenters. The van der Waals surface area contributed by atoms with E-state index < -0.39 is 0 Å². The quantitative estimate of drug-likeness (QED) is 0.142. The number of aryl methyl sites for hydroxylation is 1. The number of hydrogen-bond donors (Lipinski definition) is 0. The Morgan fingerprint density at radius 3 is 1.58 bits per heavy atom. The Bertz CT molecular complexity index is 1560. The van der Waals surface area contributed by atoms with Crippen molar-refractivity contribution in [2.45, 2.75) is 6.92 Å². The molecule has 4 aromatic carbocycles. The first kappa shape index (κ1) is 25.1. The Morgan fingerprint density at radius 1 is 0.639 bits per heavy atom. The van der Waals surface area contributed by atoms with Crippen LogP contribution in [-0.4, -0.2) is 9.97 Å². The number of fused-ring (bicyclic) bond motifs is 2.